The summed E-state index contributed by atoms with van der Waals surface area (Å²) in [6.45, 7) is 4.19. The molecule has 1 aromatic carbocycles. The van der Waals surface area contributed by atoms with Gasteiger partial charge in [-0.05, 0) is 32.4 Å². The predicted octanol–water partition coefficient (Wildman–Crippen LogP) is 3.69. The number of carbonyl (C=O) groups is 2. The maximum Gasteiger partial charge on any atom is 0.330 e. The molecule has 2 aromatic rings. The summed E-state index contributed by atoms with van der Waals surface area (Å²) >= 11 is 3.13. The Labute approximate surface area is 166 Å². The van der Waals surface area contributed by atoms with E-state index in [-0.39, 0.29) is 23.4 Å². The maximum atomic E-state index is 12.5. The Bertz CT molecular complexity index is 867. The lowest BCUT2D eigenvalue weighted by molar-refractivity contribution is -0.154. The summed E-state index contributed by atoms with van der Waals surface area (Å²) in [4.78, 5) is 30.6. The van der Waals surface area contributed by atoms with E-state index in [4.69, 9.17) is 4.74 Å². The summed E-state index contributed by atoms with van der Waals surface area (Å²) in [5.41, 5.74) is 2.86. The van der Waals surface area contributed by atoms with E-state index >= 15 is 0 Å². The highest BCUT2D eigenvalue weighted by Gasteiger charge is 2.53. The van der Waals surface area contributed by atoms with Gasteiger partial charge < -0.3 is 15.0 Å². The lowest BCUT2D eigenvalue weighted by Gasteiger charge is -2.29. The molecule has 2 aliphatic heterocycles. The molecule has 0 unspecified atom stereocenters. The van der Waals surface area contributed by atoms with Gasteiger partial charge in [-0.25, -0.2) is 9.78 Å². The molecule has 1 aromatic heterocycles. The summed E-state index contributed by atoms with van der Waals surface area (Å²) in [5.74, 6) is 0.295. The summed E-state index contributed by atoms with van der Waals surface area (Å²) < 4.78 is 5.46. The molecule has 4 rings (SSSR count). The minimum Gasteiger partial charge on any atom is -0.458 e. The largest absolute Gasteiger partial charge is 0.458 e. The van der Waals surface area contributed by atoms with Crippen molar-refractivity contribution in [1.82, 2.24) is 9.88 Å². The van der Waals surface area contributed by atoms with Gasteiger partial charge in [-0.15, -0.1) is 23.1 Å². The summed E-state index contributed by atoms with van der Waals surface area (Å²) in [6, 6.07) is 7.58. The number of carbonyl (C=O) groups excluding carboxylic acids is 2. The van der Waals surface area contributed by atoms with Crippen LogP contribution in [-0.4, -0.2) is 38.4 Å². The van der Waals surface area contributed by atoms with Gasteiger partial charge in [-0.3, -0.25) is 4.79 Å². The van der Waals surface area contributed by atoms with Gasteiger partial charge in [0, 0.05) is 23.2 Å². The monoisotopic (exact) mass is 403 g/mol. The third-order valence-electron chi connectivity index (χ3n) is 4.93. The fourth-order valence-electron chi connectivity index (χ4n) is 3.43. The SMILES string of the molecule is Cc1ccc(Nc2nc(COC(=O)[C@H]3CS[C@]4(C)CCC(=O)N34)cs2)cc1. The molecule has 2 atom stereocenters. The molecule has 2 aliphatic rings. The Morgan fingerprint density at radius 1 is 1.41 bits per heavy atom. The molecule has 3 heterocycles. The van der Waals surface area contributed by atoms with Crippen LogP contribution in [0.3, 0.4) is 0 Å². The average molecular weight is 404 g/mol. The van der Waals surface area contributed by atoms with Crippen molar-refractivity contribution in [2.24, 2.45) is 0 Å². The first-order valence-corrected chi connectivity index (χ1v) is 10.7. The number of amides is 1. The second-order valence-corrected chi connectivity index (χ2v) is 9.37. The van der Waals surface area contributed by atoms with Gasteiger partial charge in [0.05, 0.1) is 10.6 Å². The Hall–Kier alpha value is -2.06. The third-order valence-corrected chi connectivity index (χ3v) is 7.25. The van der Waals surface area contributed by atoms with E-state index in [0.29, 0.717) is 17.9 Å². The number of rotatable bonds is 5. The highest BCUT2D eigenvalue weighted by atomic mass is 32.2. The van der Waals surface area contributed by atoms with Crippen LogP contribution in [0.15, 0.2) is 29.6 Å². The lowest BCUT2D eigenvalue weighted by Crippen LogP contribution is -2.46. The van der Waals surface area contributed by atoms with Gasteiger partial charge in [0.15, 0.2) is 5.13 Å². The molecule has 142 valence electrons. The van der Waals surface area contributed by atoms with E-state index in [1.54, 1.807) is 16.7 Å². The van der Waals surface area contributed by atoms with E-state index in [9.17, 15) is 9.59 Å². The van der Waals surface area contributed by atoms with E-state index in [1.165, 1.54) is 16.9 Å². The van der Waals surface area contributed by atoms with Crippen molar-refractivity contribution in [3.05, 3.63) is 40.9 Å². The van der Waals surface area contributed by atoms with Crippen molar-refractivity contribution in [2.45, 2.75) is 44.2 Å². The van der Waals surface area contributed by atoms with Crippen LogP contribution in [0.25, 0.3) is 0 Å². The number of nitrogens with zero attached hydrogens (tertiary/aromatic N) is 2. The number of hydrogen-bond donors (Lipinski definition) is 1. The molecule has 0 radical (unpaired) electrons. The van der Waals surface area contributed by atoms with Crippen LogP contribution >= 0.6 is 23.1 Å². The number of thioether (sulfide) groups is 1. The maximum absolute atomic E-state index is 12.5. The number of benzene rings is 1. The minimum absolute atomic E-state index is 0.0442. The summed E-state index contributed by atoms with van der Waals surface area (Å²) in [7, 11) is 0. The van der Waals surface area contributed by atoms with Gasteiger partial charge in [0.1, 0.15) is 12.6 Å². The van der Waals surface area contributed by atoms with E-state index in [1.807, 2.05) is 43.5 Å². The zero-order chi connectivity index (χ0) is 19.0. The number of ether oxygens (including phenoxy) is 1. The zero-order valence-electron chi connectivity index (χ0n) is 15.2. The van der Waals surface area contributed by atoms with E-state index in [0.717, 1.165) is 17.2 Å². The van der Waals surface area contributed by atoms with Crippen LogP contribution in [0.4, 0.5) is 10.8 Å². The molecule has 0 bridgehead atoms. The molecule has 1 amide bonds. The topological polar surface area (TPSA) is 71.5 Å². The van der Waals surface area contributed by atoms with Gasteiger partial charge >= 0.3 is 5.97 Å². The number of hydrogen-bond acceptors (Lipinski definition) is 7. The Morgan fingerprint density at radius 3 is 2.96 bits per heavy atom. The average Bonchev–Trinajstić information content (AvgIpc) is 3.31. The number of anilines is 2. The van der Waals surface area contributed by atoms with E-state index in [2.05, 4.69) is 10.3 Å². The Morgan fingerprint density at radius 2 is 2.19 bits per heavy atom. The number of aryl methyl sites for hydroxylation is 1. The van der Waals surface area contributed by atoms with Crippen molar-refractivity contribution in [3.8, 4) is 0 Å². The molecular weight excluding hydrogens is 382 g/mol. The van der Waals surface area contributed by atoms with Gasteiger partial charge in [-0.1, -0.05) is 17.7 Å². The standard InChI is InChI=1S/C19H21N3O3S2/c1-12-3-5-13(6-4-12)20-18-21-14(10-26-18)9-25-17(24)15-11-27-19(2)8-7-16(23)22(15)19/h3-6,10,15H,7-9,11H2,1-2H3,(H,20,21)/t15-,19-/m1/s1. The van der Waals surface area contributed by atoms with Crippen LogP contribution in [0.5, 0.6) is 0 Å². The number of thiazole rings is 1. The van der Waals surface area contributed by atoms with Crippen LogP contribution in [0.2, 0.25) is 0 Å². The van der Waals surface area contributed by atoms with Gasteiger partial charge in [0.25, 0.3) is 0 Å². The minimum atomic E-state index is -0.487. The van der Waals surface area contributed by atoms with Gasteiger partial charge in [0.2, 0.25) is 5.91 Å². The molecule has 27 heavy (non-hydrogen) atoms. The van der Waals surface area contributed by atoms with Crippen LogP contribution in [0, 0.1) is 6.92 Å². The van der Waals surface area contributed by atoms with Gasteiger partial charge in [-0.2, -0.15) is 0 Å². The predicted molar refractivity (Wildman–Crippen MR) is 107 cm³/mol. The Balaban J connectivity index is 1.34. The van der Waals surface area contributed by atoms with E-state index < -0.39 is 6.04 Å². The molecule has 2 fully saturated rings. The smallest absolute Gasteiger partial charge is 0.330 e. The number of aromatic nitrogens is 1. The highest BCUT2D eigenvalue weighted by molar-refractivity contribution is 8.01. The van der Waals surface area contributed by atoms with Crippen molar-refractivity contribution in [1.29, 1.82) is 0 Å². The van der Waals surface area contributed by atoms with Crippen molar-refractivity contribution in [3.63, 3.8) is 0 Å². The molecule has 8 heteroatoms. The highest BCUT2D eigenvalue weighted by Crippen LogP contribution is 2.47. The first kappa shape index (κ1) is 18.3. The van der Waals surface area contributed by atoms with Crippen LogP contribution in [-0.2, 0) is 20.9 Å². The molecule has 0 spiro atoms. The number of fused-ring (bicyclic) bond motifs is 1. The van der Waals surface area contributed by atoms with Crippen LogP contribution < -0.4 is 5.32 Å². The second-order valence-electron chi connectivity index (χ2n) is 7.01. The molecule has 0 saturated carbocycles. The molecule has 0 aliphatic carbocycles. The third kappa shape index (κ3) is 3.68. The lowest BCUT2D eigenvalue weighted by atomic mass is 10.2. The van der Waals surface area contributed by atoms with Crippen molar-refractivity contribution >= 4 is 45.8 Å². The van der Waals surface area contributed by atoms with Crippen molar-refractivity contribution in [2.75, 3.05) is 11.1 Å². The molecule has 6 nitrogen and oxygen atoms in total. The number of nitrogens with one attached hydrogen (secondary N) is 1. The molecule has 1 N–H and O–H groups in total. The van der Waals surface area contributed by atoms with Crippen molar-refractivity contribution < 1.29 is 14.3 Å². The number of esters is 1. The van der Waals surface area contributed by atoms with Crippen LogP contribution in [0.1, 0.15) is 31.0 Å². The first-order chi connectivity index (χ1) is 12.9. The quantitative estimate of drug-likeness (QED) is 0.768. The summed E-state index contributed by atoms with van der Waals surface area (Å²) in [5, 5.41) is 5.87. The Kier molecular flexibility index (Phi) is 4.86. The fourth-order valence-corrected chi connectivity index (χ4v) is 5.56. The fraction of sp³-hybridized carbons (Fsp3) is 0.421. The normalized spacial score (nSPS) is 24.1. The molecular formula is C19H21N3O3S2. The zero-order valence-corrected chi connectivity index (χ0v) is 16.9. The molecule has 2 saturated heterocycles. The second kappa shape index (κ2) is 7.16. The summed E-state index contributed by atoms with van der Waals surface area (Å²) in [6.07, 6.45) is 1.30. The first-order valence-electron chi connectivity index (χ1n) is 8.85.